The Kier molecular flexibility index (Phi) is 7.54. The number of carbonyl (C=O) groups excluding carboxylic acids is 2. The molecule has 0 spiro atoms. The Morgan fingerprint density at radius 2 is 1.81 bits per heavy atom. The summed E-state index contributed by atoms with van der Waals surface area (Å²) in [6.45, 7) is 0.722. The number of carbonyl (C=O) groups is 2. The summed E-state index contributed by atoms with van der Waals surface area (Å²) in [4.78, 5) is 38.8. The number of hydrogen-bond donors (Lipinski definition) is 6. The van der Waals surface area contributed by atoms with Crippen LogP contribution < -0.4 is 16.4 Å². The summed E-state index contributed by atoms with van der Waals surface area (Å²) in [6, 6.07) is 24.6. The first kappa shape index (κ1) is 27.6. The molecular formula is C32H30N8O3. The Morgan fingerprint density at radius 1 is 0.977 bits per heavy atom. The van der Waals surface area contributed by atoms with Crippen LogP contribution >= 0.6 is 0 Å². The van der Waals surface area contributed by atoms with Crippen molar-refractivity contribution < 1.29 is 14.7 Å². The van der Waals surface area contributed by atoms with Crippen molar-refractivity contribution in [3.8, 4) is 0 Å². The number of aliphatic hydroxyl groups excluding tert-OH is 1. The van der Waals surface area contributed by atoms with E-state index in [0.717, 1.165) is 10.9 Å². The summed E-state index contributed by atoms with van der Waals surface area (Å²) in [5, 5.41) is 25.0. The van der Waals surface area contributed by atoms with Crippen LogP contribution in [0.25, 0.3) is 32.8 Å². The number of aliphatic hydroxyl groups is 1. The van der Waals surface area contributed by atoms with Crippen LogP contribution in [-0.4, -0.2) is 55.4 Å². The van der Waals surface area contributed by atoms with Gasteiger partial charge in [-0.15, -0.1) is 0 Å². The van der Waals surface area contributed by atoms with Gasteiger partial charge >= 0.3 is 0 Å². The first-order chi connectivity index (χ1) is 20.9. The van der Waals surface area contributed by atoms with Crippen LogP contribution in [0.15, 0.2) is 78.9 Å². The molecule has 0 saturated carbocycles. The molecule has 4 aromatic carbocycles. The maximum absolute atomic E-state index is 13.6. The number of fused-ring (bicyclic) bond motifs is 3. The van der Waals surface area contributed by atoms with Crippen molar-refractivity contribution in [2.45, 2.75) is 19.4 Å². The molecule has 11 heteroatoms. The van der Waals surface area contributed by atoms with Crippen LogP contribution in [0.2, 0.25) is 0 Å². The van der Waals surface area contributed by atoms with Crippen molar-refractivity contribution >= 4 is 56.2 Å². The van der Waals surface area contributed by atoms with Crippen molar-refractivity contribution in [2.75, 3.05) is 18.5 Å². The summed E-state index contributed by atoms with van der Waals surface area (Å²) in [5.41, 5.74) is 9.93. The molecule has 216 valence electrons. The summed E-state index contributed by atoms with van der Waals surface area (Å²) in [7, 11) is 0. The number of guanidine groups is 1. The molecule has 43 heavy (non-hydrogen) atoms. The predicted molar refractivity (Wildman–Crippen MR) is 166 cm³/mol. The number of aryl methyl sites for hydroxylation is 1. The van der Waals surface area contributed by atoms with Crippen LogP contribution in [-0.2, 0) is 13.0 Å². The number of anilines is 1. The molecule has 0 aliphatic heterocycles. The van der Waals surface area contributed by atoms with Gasteiger partial charge < -0.3 is 31.0 Å². The molecule has 0 atom stereocenters. The lowest BCUT2D eigenvalue weighted by Gasteiger charge is -2.09. The van der Waals surface area contributed by atoms with Gasteiger partial charge in [0, 0.05) is 30.9 Å². The third-order valence-corrected chi connectivity index (χ3v) is 7.29. The van der Waals surface area contributed by atoms with Crippen molar-refractivity contribution in [1.29, 1.82) is 5.41 Å². The van der Waals surface area contributed by atoms with Gasteiger partial charge in [-0.2, -0.15) is 0 Å². The number of nitrogens with one attached hydrogen (secondary N) is 4. The number of aromatic nitrogens is 4. The quantitative estimate of drug-likeness (QED) is 0.0815. The first-order valence-corrected chi connectivity index (χ1v) is 13.9. The van der Waals surface area contributed by atoms with Gasteiger partial charge in [-0.05, 0) is 65.6 Å². The van der Waals surface area contributed by atoms with Crippen LogP contribution in [0.5, 0.6) is 0 Å². The minimum Gasteiger partial charge on any atom is -0.396 e. The fourth-order valence-electron chi connectivity index (χ4n) is 5.27. The normalized spacial score (nSPS) is 11.3. The van der Waals surface area contributed by atoms with Crippen molar-refractivity contribution in [3.63, 3.8) is 0 Å². The van der Waals surface area contributed by atoms with E-state index in [0.29, 0.717) is 59.2 Å². The number of benzene rings is 4. The minimum absolute atomic E-state index is 0.0712. The lowest BCUT2D eigenvalue weighted by molar-refractivity contribution is 0.0953. The number of ketones is 1. The molecule has 2 aromatic heterocycles. The molecule has 0 aliphatic carbocycles. The standard InChI is InChI=1S/C32H30N8O3/c33-32(34)36-22-10-12-24-26(18-22)38-29(37-24)28(42)30-39-25-11-9-21(17-27(25)40(30)15-4-16-41)31(43)35-14-13-20-7-3-6-19-5-1-2-8-23(19)20/h1-3,5-12,17-18,41H,4,13-16H2,(H,35,43)(H,37,38)(H4,33,34,36). The van der Waals surface area contributed by atoms with Crippen LogP contribution in [0.3, 0.4) is 0 Å². The molecule has 6 rings (SSSR count). The van der Waals surface area contributed by atoms with E-state index in [9.17, 15) is 14.7 Å². The molecule has 1 amide bonds. The molecular weight excluding hydrogens is 544 g/mol. The van der Waals surface area contributed by atoms with Crippen LogP contribution in [0.1, 0.15) is 38.8 Å². The van der Waals surface area contributed by atoms with E-state index < -0.39 is 5.78 Å². The van der Waals surface area contributed by atoms with Gasteiger partial charge in [0.25, 0.3) is 11.7 Å². The van der Waals surface area contributed by atoms with E-state index in [1.165, 1.54) is 5.39 Å². The average molecular weight is 575 g/mol. The molecule has 0 unspecified atom stereocenters. The molecule has 0 radical (unpaired) electrons. The highest BCUT2D eigenvalue weighted by atomic mass is 16.3. The predicted octanol–water partition coefficient (Wildman–Crippen LogP) is 3.96. The van der Waals surface area contributed by atoms with Gasteiger partial charge in [-0.3, -0.25) is 15.0 Å². The number of nitrogens with zero attached hydrogens (tertiary/aromatic N) is 3. The van der Waals surface area contributed by atoms with E-state index in [1.54, 1.807) is 41.0 Å². The Labute approximate surface area is 246 Å². The Bertz CT molecular complexity index is 2000. The number of amides is 1. The number of imidazole rings is 2. The average Bonchev–Trinajstić information content (AvgIpc) is 3.60. The van der Waals surface area contributed by atoms with Crippen molar-refractivity contribution in [2.24, 2.45) is 5.73 Å². The topological polar surface area (TPSA) is 175 Å². The van der Waals surface area contributed by atoms with E-state index in [4.69, 9.17) is 11.1 Å². The van der Waals surface area contributed by atoms with Gasteiger partial charge in [0.15, 0.2) is 17.6 Å². The van der Waals surface area contributed by atoms with Crippen molar-refractivity contribution in [3.05, 3.63) is 102 Å². The summed E-state index contributed by atoms with van der Waals surface area (Å²) < 4.78 is 1.72. The largest absolute Gasteiger partial charge is 0.396 e. The maximum Gasteiger partial charge on any atom is 0.263 e. The van der Waals surface area contributed by atoms with Crippen molar-refractivity contribution in [1.82, 2.24) is 24.8 Å². The molecule has 0 bridgehead atoms. The second kappa shape index (κ2) is 11.7. The molecule has 0 fully saturated rings. The summed E-state index contributed by atoms with van der Waals surface area (Å²) in [6.07, 6.45) is 1.08. The number of H-pyrrole nitrogens is 1. The molecule has 0 saturated heterocycles. The van der Waals surface area contributed by atoms with E-state index in [2.05, 4.69) is 49.9 Å². The molecule has 0 aliphatic rings. The monoisotopic (exact) mass is 574 g/mol. The third kappa shape index (κ3) is 5.66. The lowest BCUT2D eigenvalue weighted by Crippen LogP contribution is -2.25. The number of nitrogens with two attached hydrogens (primary N) is 1. The minimum atomic E-state index is -0.424. The fraction of sp³-hybridized carbons (Fsp3) is 0.156. The smallest absolute Gasteiger partial charge is 0.263 e. The summed E-state index contributed by atoms with van der Waals surface area (Å²) in [5.74, 6) is -0.605. The zero-order chi connectivity index (χ0) is 29.9. The van der Waals surface area contributed by atoms with Gasteiger partial charge in [0.1, 0.15) is 0 Å². The summed E-state index contributed by atoms with van der Waals surface area (Å²) >= 11 is 0. The first-order valence-electron chi connectivity index (χ1n) is 13.9. The Morgan fingerprint density at radius 3 is 2.65 bits per heavy atom. The number of rotatable bonds is 10. The van der Waals surface area contributed by atoms with E-state index in [-0.39, 0.29) is 30.1 Å². The zero-order valence-electron chi connectivity index (χ0n) is 23.2. The number of hydrogen-bond acceptors (Lipinski definition) is 6. The molecule has 11 nitrogen and oxygen atoms in total. The Balaban J connectivity index is 1.25. The van der Waals surface area contributed by atoms with Crippen LogP contribution in [0, 0.1) is 5.41 Å². The van der Waals surface area contributed by atoms with Gasteiger partial charge in [-0.1, -0.05) is 42.5 Å². The van der Waals surface area contributed by atoms with E-state index in [1.807, 2.05) is 18.2 Å². The zero-order valence-corrected chi connectivity index (χ0v) is 23.2. The van der Waals surface area contributed by atoms with Gasteiger partial charge in [0.2, 0.25) is 0 Å². The molecule has 2 heterocycles. The maximum atomic E-state index is 13.6. The fourth-order valence-corrected chi connectivity index (χ4v) is 5.27. The van der Waals surface area contributed by atoms with Crippen LogP contribution in [0.4, 0.5) is 5.69 Å². The highest BCUT2D eigenvalue weighted by molar-refractivity contribution is 6.08. The van der Waals surface area contributed by atoms with Gasteiger partial charge in [-0.25, -0.2) is 9.97 Å². The van der Waals surface area contributed by atoms with E-state index >= 15 is 0 Å². The molecule has 7 N–H and O–H groups in total. The Hall–Kier alpha value is -5.55. The van der Waals surface area contributed by atoms with Gasteiger partial charge in [0.05, 0.1) is 22.1 Å². The highest BCUT2D eigenvalue weighted by Gasteiger charge is 2.23. The SMILES string of the molecule is N=C(N)Nc1ccc2[nH]c(C(=O)c3nc4ccc(C(=O)NCCc5cccc6ccccc56)cc4n3CCCO)nc2c1. The second-order valence-corrected chi connectivity index (χ2v) is 10.2. The second-order valence-electron chi connectivity index (χ2n) is 10.2. The highest BCUT2D eigenvalue weighted by Crippen LogP contribution is 2.23. The number of aromatic amines is 1. The molecule has 6 aromatic rings. The third-order valence-electron chi connectivity index (χ3n) is 7.29. The lowest BCUT2D eigenvalue weighted by atomic mass is 10.0.